The van der Waals surface area contributed by atoms with Crippen LogP contribution in [0.2, 0.25) is 5.02 Å². The van der Waals surface area contributed by atoms with Gasteiger partial charge in [0.25, 0.3) is 0 Å². The lowest BCUT2D eigenvalue weighted by Gasteiger charge is -2.38. The number of rotatable bonds is 5. The van der Waals surface area contributed by atoms with Crippen molar-refractivity contribution in [3.8, 4) is 5.75 Å². The lowest BCUT2D eigenvalue weighted by Crippen LogP contribution is -2.36. The van der Waals surface area contributed by atoms with Crippen LogP contribution in [0.1, 0.15) is 57.8 Å². The van der Waals surface area contributed by atoms with Gasteiger partial charge < -0.3 is 9.47 Å². The first-order valence-corrected chi connectivity index (χ1v) is 9.68. The summed E-state index contributed by atoms with van der Waals surface area (Å²) in [6, 6.07) is 7.20. The Hall–Kier alpha value is -1.22. The predicted molar refractivity (Wildman–Crippen MR) is 95.4 cm³/mol. The molecule has 1 aromatic rings. The van der Waals surface area contributed by atoms with Crippen molar-refractivity contribution in [2.75, 3.05) is 6.61 Å². The molecule has 3 nitrogen and oxygen atoms in total. The van der Waals surface area contributed by atoms with Gasteiger partial charge in [0.15, 0.2) is 6.61 Å². The minimum Gasteiger partial charge on any atom is -0.480 e. The molecule has 0 spiro atoms. The fourth-order valence-electron chi connectivity index (χ4n) is 4.27. The first-order chi connectivity index (χ1) is 11.7. The van der Waals surface area contributed by atoms with Crippen LogP contribution in [0.4, 0.5) is 0 Å². The molecule has 0 aliphatic heterocycles. The molecule has 2 aliphatic carbocycles. The van der Waals surface area contributed by atoms with E-state index in [1.807, 2.05) is 12.1 Å². The van der Waals surface area contributed by atoms with Crippen LogP contribution in [-0.4, -0.2) is 18.7 Å². The average Bonchev–Trinajstić information content (AvgIpc) is 2.62. The summed E-state index contributed by atoms with van der Waals surface area (Å²) >= 11 is 6.05. The van der Waals surface area contributed by atoms with Crippen molar-refractivity contribution >= 4 is 17.6 Å². The second-order valence-corrected chi connectivity index (χ2v) is 7.50. The van der Waals surface area contributed by atoms with Crippen LogP contribution in [0.5, 0.6) is 5.75 Å². The number of esters is 1. The Morgan fingerprint density at radius 1 is 1.00 bits per heavy atom. The quantitative estimate of drug-likeness (QED) is 0.667. The largest absolute Gasteiger partial charge is 0.480 e. The second kappa shape index (κ2) is 8.75. The maximum absolute atomic E-state index is 12.2. The van der Waals surface area contributed by atoms with Crippen molar-refractivity contribution in [3.63, 3.8) is 0 Å². The smallest absolute Gasteiger partial charge is 0.344 e. The van der Waals surface area contributed by atoms with E-state index in [0.717, 1.165) is 18.8 Å². The monoisotopic (exact) mass is 350 g/mol. The number of halogens is 1. The molecule has 2 saturated carbocycles. The summed E-state index contributed by atoms with van der Waals surface area (Å²) in [5.74, 6) is 1.54. The molecule has 0 aromatic heterocycles. The maximum Gasteiger partial charge on any atom is 0.344 e. The van der Waals surface area contributed by atoms with Gasteiger partial charge in [0.05, 0.1) is 5.02 Å². The van der Waals surface area contributed by atoms with Crippen molar-refractivity contribution in [1.82, 2.24) is 0 Å². The first kappa shape index (κ1) is 17.6. The maximum atomic E-state index is 12.2. The van der Waals surface area contributed by atoms with Crippen molar-refractivity contribution in [1.29, 1.82) is 0 Å². The highest BCUT2D eigenvalue weighted by Gasteiger charge is 2.34. The van der Waals surface area contributed by atoms with Crippen LogP contribution in [0.15, 0.2) is 24.3 Å². The van der Waals surface area contributed by atoms with E-state index in [1.165, 1.54) is 44.9 Å². The lowest BCUT2D eigenvalue weighted by molar-refractivity contribution is -0.157. The Morgan fingerprint density at radius 3 is 2.50 bits per heavy atom. The van der Waals surface area contributed by atoms with Crippen LogP contribution in [0.3, 0.4) is 0 Å². The molecule has 24 heavy (non-hydrogen) atoms. The number of carbonyl (C=O) groups excluding carboxylic acids is 1. The Kier molecular flexibility index (Phi) is 6.42. The molecule has 0 N–H and O–H groups in total. The Morgan fingerprint density at radius 2 is 1.71 bits per heavy atom. The molecular formula is C20H27ClO3. The highest BCUT2D eigenvalue weighted by atomic mass is 35.5. The molecule has 1 aromatic carbocycles. The molecule has 0 radical (unpaired) electrons. The Bertz CT molecular complexity index is 539. The number of para-hydroxylation sites is 1. The second-order valence-electron chi connectivity index (χ2n) is 7.09. The minimum absolute atomic E-state index is 0.0718. The number of benzene rings is 1. The Labute approximate surface area is 149 Å². The van der Waals surface area contributed by atoms with Gasteiger partial charge in [-0.25, -0.2) is 4.79 Å². The fourth-order valence-corrected chi connectivity index (χ4v) is 4.47. The molecule has 3 rings (SSSR count). The normalized spacial score (nSPS) is 25.2. The molecule has 0 amide bonds. The van der Waals surface area contributed by atoms with Crippen LogP contribution in [0.25, 0.3) is 0 Å². The first-order valence-electron chi connectivity index (χ1n) is 9.31. The number of carbonyl (C=O) groups is 1. The third kappa shape index (κ3) is 4.66. The van der Waals surface area contributed by atoms with Gasteiger partial charge in [-0.05, 0) is 43.2 Å². The van der Waals surface area contributed by atoms with Crippen LogP contribution < -0.4 is 4.74 Å². The topological polar surface area (TPSA) is 35.5 Å². The summed E-state index contributed by atoms with van der Waals surface area (Å²) in [6.07, 6.45) is 11.3. The number of ether oxygens (including phenoxy) is 2. The van der Waals surface area contributed by atoms with Gasteiger partial charge in [-0.2, -0.15) is 0 Å². The zero-order chi connectivity index (χ0) is 16.8. The van der Waals surface area contributed by atoms with Gasteiger partial charge in [-0.15, -0.1) is 0 Å². The van der Waals surface area contributed by atoms with E-state index in [0.29, 0.717) is 16.7 Å². The molecule has 0 bridgehead atoms. The van der Waals surface area contributed by atoms with Crippen LogP contribution in [-0.2, 0) is 9.53 Å². The zero-order valence-electron chi connectivity index (χ0n) is 14.2. The Balaban J connectivity index is 1.52. The number of hydrogen-bond donors (Lipinski definition) is 0. The van der Waals surface area contributed by atoms with E-state index >= 15 is 0 Å². The van der Waals surface area contributed by atoms with E-state index in [2.05, 4.69) is 0 Å². The van der Waals surface area contributed by atoms with E-state index in [1.54, 1.807) is 12.1 Å². The summed E-state index contributed by atoms with van der Waals surface area (Å²) in [7, 11) is 0. The van der Waals surface area contributed by atoms with Crippen molar-refractivity contribution in [2.45, 2.75) is 63.9 Å². The SMILES string of the molecule is O=C(COc1ccccc1Cl)OC1CCCCC1C1CCCCC1. The fraction of sp³-hybridized carbons (Fsp3) is 0.650. The third-order valence-corrected chi connectivity index (χ3v) is 5.79. The van der Waals surface area contributed by atoms with Crippen molar-refractivity contribution in [2.24, 2.45) is 11.8 Å². The number of hydrogen-bond acceptors (Lipinski definition) is 3. The molecule has 2 atom stereocenters. The van der Waals surface area contributed by atoms with Gasteiger partial charge in [-0.3, -0.25) is 0 Å². The standard InChI is InChI=1S/C20H27ClO3/c21-17-11-5-7-13-19(17)23-14-20(22)24-18-12-6-4-10-16(18)15-8-2-1-3-9-15/h5,7,11,13,15-16,18H,1-4,6,8-10,12,14H2. The van der Waals surface area contributed by atoms with Crippen molar-refractivity contribution in [3.05, 3.63) is 29.3 Å². The lowest BCUT2D eigenvalue weighted by atomic mass is 9.72. The molecule has 132 valence electrons. The molecule has 0 heterocycles. The van der Waals surface area contributed by atoms with E-state index < -0.39 is 0 Å². The average molecular weight is 351 g/mol. The van der Waals surface area contributed by atoms with Crippen LogP contribution >= 0.6 is 11.6 Å². The minimum atomic E-state index is -0.275. The molecule has 4 heteroatoms. The third-order valence-electron chi connectivity index (χ3n) is 5.47. The van der Waals surface area contributed by atoms with Gasteiger partial charge in [0, 0.05) is 0 Å². The summed E-state index contributed by atoms with van der Waals surface area (Å²) in [5.41, 5.74) is 0. The summed E-state index contributed by atoms with van der Waals surface area (Å²) in [6.45, 7) is -0.0718. The van der Waals surface area contributed by atoms with Crippen molar-refractivity contribution < 1.29 is 14.3 Å². The zero-order valence-corrected chi connectivity index (χ0v) is 15.0. The van der Waals surface area contributed by atoms with E-state index in [-0.39, 0.29) is 18.7 Å². The van der Waals surface area contributed by atoms with Gasteiger partial charge >= 0.3 is 5.97 Å². The molecule has 2 unspecified atom stereocenters. The van der Waals surface area contributed by atoms with Gasteiger partial charge in [-0.1, -0.05) is 62.3 Å². The summed E-state index contributed by atoms with van der Waals surface area (Å²) in [5, 5.41) is 0.517. The predicted octanol–water partition coefficient (Wildman–Crippen LogP) is 5.40. The van der Waals surface area contributed by atoms with Gasteiger partial charge in [0.1, 0.15) is 11.9 Å². The summed E-state index contributed by atoms with van der Waals surface area (Å²) < 4.78 is 11.3. The highest BCUT2D eigenvalue weighted by molar-refractivity contribution is 6.32. The molecule has 2 aliphatic rings. The van der Waals surface area contributed by atoms with E-state index in [4.69, 9.17) is 21.1 Å². The molecular weight excluding hydrogens is 324 g/mol. The summed E-state index contributed by atoms with van der Waals surface area (Å²) in [4.78, 5) is 12.2. The molecule has 0 saturated heterocycles. The van der Waals surface area contributed by atoms with Gasteiger partial charge in [0.2, 0.25) is 0 Å². The molecule has 2 fully saturated rings. The highest BCUT2D eigenvalue weighted by Crippen LogP contribution is 2.39. The van der Waals surface area contributed by atoms with E-state index in [9.17, 15) is 4.79 Å². The van der Waals surface area contributed by atoms with Crippen LogP contribution in [0, 0.1) is 11.8 Å².